The third-order valence-corrected chi connectivity index (χ3v) is 2.86. The first kappa shape index (κ1) is 19.4. The lowest BCUT2D eigenvalue weighted by Gasteiger charge is -2.14. The molecule has 11 heteroatoms. The van der Waals surface area contributed by atoms with Gasteiger partial charge in [0.2, 0.25) is 0 Å². The number of amides is 2. The molecule has 122 valence electrons. The fourth-order valence-corrected chi connectivity index (χ4v) is 1.60. The van der Waals surface area contributed by atoms with Gasteiger partial charge in [0.15, 0.2) is 0 Å². The molecule has 0 aromatic heterocycles. The molecular weight excluding hydrogens is 317 g/mol. The first-order valence-electron chi connectivity index (χ1n) is 5.70. The number of thioether (sulfide) groups is 1. The van der Waals surface area contributed by atoms with Crippen molar-refractivity contribution < 1.29 is 37.4 Å². The minimum atomic E-state index is -4.39. The number of ether oxygens (including phenoxy) is 1. The second kappa shape index (κ2) is 9.32. The number of halogens is 3. The van der Waals surface area contributed by atoms with Gasteiger partial charge in [0.1, 0.15) is 6.04 Å². The molecule has 0 fully saturated rings. The molecule has 0 aliphatic heterocycles. The van der Waals surface area contributed by atoms with Crippen molar-refractivity contribution in [2.45, 2.75) is 24.4 Å². The van der Waals surface area contributed by atoms with Crippen molar-refractivity contribution in [1.82, 2.24) is 10.6 Å². The van der Waals surface area contributed by atoms with Crippen molar-refractivity contribution in [3.05, 3.63) is 0 Å². The zero-order valence-corrected chi connectivity index (χ0v) is 11.8. The van der Waals surface area contributed by atoms with E-state index in [1.807, 2.05) is 5.32 Å². The molecule has 0 rings (SSSR count). The number of aliphatic carboxylic acids is 1. The Kier molecular flexibility index (Phi) is 8.58. The van der Waals surface area contributed by atoms with Crippen LogP contribution in [0.5, 0.6) is 0 Å². The zero-order chi connectivity index (χ0) is 16.5. The van der Waals surface area contributed by atoms with Crippen LogP contribution in [0.1, 0.15) is 12.8 Å². The highest BCUT2D eigenvalue weighted by Gasteiger charge is 2.27. The number of rotatable bonds is 8. The number of carbonyl (C=O) groups excluding carboxylic acids is 2. The molecule has 21 heavy (non-hydrogen) atoms. The van der Waals surface area contributed by atoms with Crippen LogP contribution in [0.2, 0.25) is 0 Å². The van der Waals surface area contributed by atoms with Crippen LogP contribution >= 0.6 is 11.8 Å². The van der Waals surface area contributed by atoms with Crippen LogP contribution in [0.3, 0.4) is 0 Å². The Balaban J connectivity index is 4.06. The van der Waals surface area contributed by atoms with Crippen LogP contribution in [-0.2, 0) is 14.3 Å². The summed E-state index contributed by atoms with van der Waals surface area (Å²) in [5.41, 5.74) is -4.39. The highest BCUT2D eigenvalue weighted by molar-refractivity contribution is 8.00. The van der Waals surface area contributed by atoms with Crippen LogP contribution < -0.4 is 10.6 Å². The fourth-order valence-electron chi connectivity index (χ4n) is 1.16. The third kappa shape index (κ3) is 10.8. The smallest absolute Gasteiger partial charge is 0.441 e. The predicted octanol–water partition coefficient (Wildman–Crippen LogP) is 0.945. The van der Waals surface area contributed by atoms with Crippen LogP contribution in [0.4, 0.5) is 18.0 Å². The van der Waals surface area contributed by atoms with Gasteiger partial charge in [-0.1, -0.05) is 0 Å². The lowest BCUT2D eigenvalue weighted by molar-refractivity contribution is -0.142. The topological polar surface area (TPSA) is 105 Å². The molecule has 0 spiro atoms. The molecule has 0 bridgehead atoms. The van der Waals surface area contributed by atoms with E-state index in [9.17, 15) is 27.6 Å². The van der Waals surface area contributed by atoms with Gasteiger partial charge in [-0.2, -0.15) is 13.2 Å². The molecule has 0 saturated heterocycles. The van der Waals surface area contributed by atoms with E-state index >= 15 is 0 Å². The van der Waals surface area contributed by atoms with Crippen LogP contribution in [0, 0.1) is 0 Å². The summed E-state index contributed by atoms with van der Waals surface area (Å²) in [6.45, 7) is -0.278. The summed E-state index contributed by atoms with van der Waals surface area (Å²) in [7, 11) is 1.14. The van der Waals surface area contributed by atoms with E-state index in [-0.39, 0.29) is 31.1 Å². The standard InChI is InChI=1S/C10H15F3N2O5S/c1-20-7(16)3-2-6(8(17)18)15-9(19)14-4-5-21-10(11,12)13/h6H,2-5H2,1H3,(H,17,18)(H2,14,15,19)/t6-/m1/s1. The lowest BCUT2D eigenvalue weighted by Crippen LogP contribution is -2.46. The van der Waals surface area contributed by atoms with Crippen molar-refractivity contribution in [1.29, 1.82) is 0 Å². The van der Waals surface area contributed by atoms with E-state index in [0.29, 0.717) is 0 Å². The summed E-state index contributed by atoms with van der Waals surface area (Å²) < 4.78 is 39.8. The summed E-state index contributed by atoms with van der Waals surface area (Å²) >= 11 is -0.302. The van der Waals surface area contributed by atoms with Gasteiger partial charge in [-0.25, -0.2) is 9.59 Å². The highest BCUT2D eigenvalue weighted by atomic mass is 32.2. The number of esters is 1. The molecular formula is C10H15F3N2O5S. The van der Waals surface area contributed by atoms with Gasteiger partial charge >= 0.3 is 23.5 Å². The number of carboxylic acid groups (broad SMARTS) is 1. The molecule has 1 atom stereocenters. The van der Waals surface area contributed by atoms with E-state index in [2.05, 4.69) is 10.1 Å². The van der Waals surface area contributed by atoms with E-state index in [4.69, 9.17) is 5.11 Å². The van der Waals surface area contributed by atoms with Crippen LogP contribution in [-0.4, -0.2) is 54.0 Å². The number of carbonyl (C=O) groups is 3. The first-order valence-corrected chi connectivity index (χ1v) is 6.69. The normalized spacial score (nSPS) is 12.4. The molecule has 3 N–H and O–H groups in total. The molecule has 0 aromatic rings. The third-order valence-electron chi connectivity index (χ3n) is 2.12. The number of hydrogen-bond donors (Lipinski definition) is 3. The Morgan fingerprint density at radius 3 is 2.43 bits per heavy atom. The minimum absolute atomic E-state index is 0.188. The Hall–Kier alpha value is -1.65. The second-order valence-electron chi connectivity index (χ2n) is 3.70. The zero-order valence-electron chi connectivity index (χ0n) is 11.0. The average Bonchev–Trinajstić information content (AvgIpc) is 2.37. The molecule has 0 radical (unpaired) electrons. The van der Waals surface area contributed by atoms with Crippen molar-refractivity contribution in [2.75, 3.05) is 19.4 Å². The number of nitrogens with one attached hydrogen (secondary N) is 2. The summed E-state index contributed by atoms with van der Waals surface area (Å²) in [5, 5.41) is 13.0. The molecule has 0 aliphatic carbocycles. The van der Waals surface area contributed by atoms with Gasteiger partial charge in [0.25, 0.3) is 0 Å². The minimum Gasteiger partial charge on any atom is -0.480 e. The monoisotopic (exact) mass is 332 g/mol. The Morgan fingerprint density at radius 1 is 1.33 bits per heavy atom. The van der Waals surface area contributed by atoms with Crippen LogP contribution in [0.15, 0.2) is 0 Å². The van der Waals surface area contributed by atoms with Crippen LogP contribution in [0.25, 0.3) is 0 Å². The lowest BCUT2D eigenvalue weighted by atomic mass is 10.1. The number of urea groups is 1. The Bertz CT molecular complexity index is 378. The molecule has 0 heterocycles. The predicted molar refractivity (Wildman–Crippen MR) is 67.7 cm³/mol. The Labute approximate surface area is 122 Å². The largest absolute Gasteiger partial charge is 0.480 e. The number of carboxylic acids is 1. The molecule has 0 aliphatic rings. The van der Waals surface area contributed by atoms with Gasteiger partial charge in [-0.3, -0.25) is 4.79 Å². The summed E-state index contributed by atoms with van der Waals surface area (Å²) in [6.07, 6.45) is -0.398. The second-order valence-corrected chi connectivity index (χ2v) is 4.86. The number of hydrogen-bond acceptors (Lipinski definition) is 5. The van der Waals surface area contributed by atoms with Crippen molar-refractivity contribution in [3.63, 3.8) is 0 Å². The summed E-state index contributed by atoms with van der Waals surface area (Å²) in [4.78, 5) is 33.0. The van der Waals surface area contributed by atoms with Gasteiger partial charge in [-0.05, 0) is 18.2 Å². The maximum absolute atomic E-state index is 11.8. The highest BCUT2D eigenvalue weighted by Crippen LogP contribution is 2.29. The molecule has 2 amide bonds. The summed E-state index contributed by atoms with van der Waals surface area (Å²) in [6, 6.07) is -2.26. The molecule has 0 aromatic carbocycles. The maximum atomic E-state index is 11.8. The average molecular weight is 332 g/mol. The van der Waals surface area contributed by atoms with E-state index < -0.39 is 35.3 Å². The van der Waals surface area contributed by atoms with Gasteiger partial charge < -0.3 is 20.5 Å². The van der Waals surface area contributed by atoms with Crippen molar-refractivity contribution in [3.8, 4) is 0 Å². The Morgan fingerprint density at radius 2 is 1.95 bits per heavy atom. The molecule has 7 nitrogen and oxygen atoms in total. The maximum Gasteiger partial charge on any atom is 0.441 e. The SMILES string of the molecule is COC(=O)CC[C@@H](NC(=O)NCCSC(F)(F)F)C(=O)O. The number of methoxy groups -OCH3 is 1. The quantitative estimate of drug-likeness (QED) is 0.451. The van der Waals surface area contributed by atoms with Gasteiger partial charge in [0, 0.05) is 18.7 Å². The molecule has 0 unspecified atom stereocenters. The van der Waals surface area contributed by atoms with Crippen molar-refractivity contribution in [2.24, 2.45) is 0 Å². The van der Waals surface area contributed by atoms with E-state index in [1.165, 1.54) is 0 Å². The first-order chi connectivity index (χ1) is 9.65. The number of alkyl halides is 3. The van der Waals surface area contributed by atoms with E-state index in [1.54, 1.807) is 0 Å². The van der Waals surface area contributed by atoms with Gasteiger partial charge in [-0.15, -0.1) is 0 Å². The van der Waals surface area contributed by atoms with Crippen molar-refractivity contribution >= 4 is 29.7 Å². The fraction of sp³-hybridized carbons (Fsp3) is 0.700. The molecule has 0 saturated carbocycles. The summed E-state index contributed by atoms with van der Waals surface area (Å²) in [5.74, 6) is -2.39. The van der Waals surface area contributed by atoms with E-state index in [0.717, 1.165) is 7.11 Å². The van der Waals surface area contributed by atoms with Gasteiger partial charge in [0.05, 0.1) is 7.11 Å².